The summed E-state index contributed by atoms with van der Waals surface area (Å²) in [5.41, 5.74) is 1.45. The molecule has 5 heteroatoms. The van der Waals surface area contributed by atoms with Crippen LogP contribution in [0.4, 0.5) is 5.82 Å². The average Bonchev–Trinajstić information content (AvgIpc) is 3.13. The topological polar surface area (TPSA) is 51.0 Å². The second kappa shape index (κ2) is 4.59. The average molecular weight is 285 g/mol. The summed E-state index contributed by atoms with van der Waals surface area (Å²) in [5, 5.41) is 4.43. The molecule has 3 aromatic heterocycles. The lowest BCUT2D eigenvalue weighted by molar-refractivity contribution is 0.578. The molecule has 0 spiro atoms. The Balaban J connectivity index is 1.99. The van der Waals surface area contributed by atoms with Crippen molar-refractivity contribution < 1.29 is 4.42 Å². The Labute approximate surface area is 120 Å². The predicted molar refractivity (Wildman–Crippen MR) is 81.3 cm³/mol. The Hall–Kier alpha value is -1.88. The van der Waals surface area contributed by atoms with Crippen LogP contribution in [-0.2, 0) is 12.8 Å². The van der Waals surface area contributed by atoms with E-state index in [0.29, 0.717) is 5.82 Å². The van der Waals surface area contributed by atoms with Crippen LogP contribution in [0.25, 0.3) is 21.8 Å². The van der Waals surface area contributed by atoms with Gasteiger partial charge in [-0.2, -0.15) is 0 Å². The van der Waals surface area contributed by atoms with Gasteiger partial charge in [0.05, 0.1) is 11.6 Å². The molecule has 0 aromatic carbocycles. The Morgan fingerprint density at radius 2 is 2.15 bits per heavy atom. The molecule has 0 saturated carbocycles. The van der Waals surface area contributed by atoms with Crippen LogP contribution in [0.15, 0.2) is 22.8 Å². The molecule has 0 unspecified atom stereocenters. The van der Waals surface area contributed by atoms with Crippen LogP contribution in [0.2, 0.25) is 0 Å². The SMILES string of the molecule is CNc1nc(-c2ccco2)nc2sc3c(c12)CCCC3. The van der Waals surface area contributed by atoms with Gasteiger partial charge in [0.25, 0.3) is 0 Å². The van der Waals surface area contributed by atoms with Crippen LogP contribution >= 0.6 is 11.3 Å². The highest BCUT2D eigenvalue weighted by atomic mass is 32.1. The number of furan rings is 1. The maximum absolute atomic E-state index is 5.42. The normalized spacial score (nSPS) is 14.4. The Kier molecular flexibility index (Phi) is 2.73. The Morgan fingerprint density at radius 3 is 2.95 bits per heavy atom. The van der Waals surface area contributed by atoms with Gasteiger partial charge in [0.15, 0.2) is 11.6 Å². The van der Waals surface area contributed by atoms with Crippen LogP contribution in [0.1, 0.15) is 23.3 Å². The van der Waals surface area contributed by atoms with Gasteiger partial charge in [-0.15, -0.1) is 11.3 Å². The van der Waals surface area contributed by atoms with E-state index in [1.807, 2.05) is 30.5 Å². The molecular formula is C15H15N3OS. The highest BCUT2D eigenvalue weighted by Gasteiger charge is 2.21. The Bertz CT molecular complexity index is 761. The number of rotatable bonds is 2. The number of thiophene rings is 1. The van der Waals surface area contributed by atoms with Crippen molar-refractivity contribution in [2.75, 3.05) is 12.4 Å². The van der Waals surface area contributed by atoms with E-state index in [2.05, 4.69) is 10.3 Å². The summed E-state index contributed by atoms with van der Waals surface area (Å²) in [6.45, 7) is 0. The predicted octanol–water partition coefficient (Wildman–Crippen LogP) is 3.87. The first-order valence-electron chi connectivity index (χ1n) is 6.90. The zero-order valence-electron chi connectivity index (χ0n) is 11.3. The zero-order valence-corrected chi connectivity index (χ0v) is 12.1. The van der Waals surface area contributed by atoms with Gasteiger partial charge in [-0.25, -0.2) is 9.97 Å². The lowest BCUT2D eigenvalue weighted by Crippen LogP contribution is -2.01. The fraction of sp³-hybridized carbons (Fsp3) is 0.333. The number of hydrogen-bond acceptors (Lipinski definition) is 5. The number of aryl methyl sites for hydroxylation is 2. The summed E-state index contributed by atoms with van der Waals surface area (Å²) in [7, 11) is 1.92. The van der Waals surface area contributed by atoms with Crippen LogP contribution in [-0.4, -0.2) is 17.0 Å². The summed E-state index contributed by atoms with van der Waals surface area (Å²) in [6, 6.07) is 3.76. The van der Waals surface area contributed by atoms with Gasteiger partial charge < -0.3 is 9.73 Å². The number of nitrogens with one attached hydrogen (secondary N) is 1. The first-order valence-corrected chi connectivity index (χ1v) is 7.72. The number of nitrogens with zero attached hydrogens (tertiary/aromatic N) is 2. The fourth-order valence-corrected chi connectivity index (χ4v) is 4.12. The molecule has 0 aliphatic heterocycles. The van der Waals surface area contributed by atoms with Gasteiger partial charge in [-0.3, -0.25) is 0 Å². The van der Waals surface area contributed by atoms with Gasteiger partial charge in [0.1, 0.15) is 10.6 Å². The quantitative estimate of drug-likeness (QED) is 0.776. The van der Waals surface area contributed by atoms with Crippen molar-refractivity contribution in [2.45, 2.75) is 25.7 Å². The highest BCUT2D eigenvalue weighted by Crippen LogP contribution is 2.39. The number of hydrogen-bond donors (Lipinski definition) is 1. The van der Waals surface area contributed by atoms with Crippen LogP contribution in [0.5, 0.6) is 0 Å². The molecule has 0 atom stereocenters. The number of anilines is 1. The van der Waals surface area contributed by atoms with Crippen molar-refractivity contribution in [1.29, 1.82) is 0 Å². The van der Waals surface area contributed by atoms with Gasteiger partial charge >= 0.3 is 0 Å². The lowest BCUT2D eigenvalue weighted by atomic mass is 9.97. The third-order valence-corrected chi connectivity index (χ3v) is 4.98. The van der Waals surface area contributed by atoms with E-state index >= 15 is 0 Å². The van der Waals surface area contributed by atoms with Crippen molar-refractivity contribution in [1.82, 2.24) is 9.97 Å². The maximum atomic E-state index is 5.42. The zero-order chi connectivity index (χ0) is 13.5. The molecule has 0 bridgehead atoms. The molecule has 0 amide bonds. The largest absolute Gasteiger partial charge is 0.461 e. The second-order valence-corrected chi connectivity index (χ2v) is 6.10. The van der Waals surface area contributed by atoms with E-state index < -0.39 is 0 Å². The second-order valence-electron chi connectivity index (χ2n) is 5.01. The van der Waals surface area contributed by atoms with Crippen LogP contribution in [0.3, 0.4) is 0 Å². The van der Waals surface area contributed by atoms with E-state index in [0.717, 1.165) is 22.8 Å². The third kappa shape index (κ3) is 1.73. The Morgan fingerprint density at radius 1 is 1.25 bits per heavy atom. The molecule has 20 heavy (non-hydrogen) atoms. The van der Waals surface area contributed by atoms with Gasteiger partial charge in [0, 0.05) is 11.9 Å². The smallest absolute Gasteiger partial charge is 0.199 e. The summed E-state index contributed by atoms with van der Waals surface area (Å²) < 4.78 is 5.42. The van der Waals surface area contributed by atoms with E-state index in [-0.39, 0.29) is 0 Å². The molecule has 4 nitrogen and oxygen atoms in total. The van der Waals surface area contributed by atoms with Gasteiger partial charge in [-0.1, -0.05) is 0 Å². The van der Waals surface area contributed by atoms with E-state index in [1.165, 1.54) is 35.1 Å². The molecule has 3 aromatic rings. The first kappa shape index (κ1) is 11.9. The molecule has 1 aliphatic rings. The summed E-state index contributed by atoms with van der Waals surface area (Å²) >= 11 is 1.81. The van der Waals surface area contributed by atoms with Crippen LogP contribution in [0, 0.1) is 0 Å². The molecule has 4 rings (SSSR count). The summed E-state index contributed by atoms with van der Waals surface area (Å²) in [5.74, 6) is 2.29. The monoisotopic (exact) mass is 285 g/mol. The minimum Gasteiger partial charge on any atom is -0.461 e. The van der Waals surface area contributed by atoms with Crippen molar-refractivity contribution in [3.63, 3.8) is 0 Å². The third-order valence-electron chi connectivity index (χ3n) is 3.79. The molecule has 1 aliphatic carbocycles. The molecule has 3 heterocycles. The highest BCUT2D eigenvalue weighted by molar-refractivity contribution is 7.19. The standard InChI is InChI=1S/C15H15N3OS/c1-16-14-12-9-5-2-3-7-11(9)20-15(12)18-13(17-14)10-6-4-8-19-10/h4,6,8H,2-3,5,7H2,1H3,(H,16,17,18). The van der Waals surface area contributed by atoms with Crippen LogP contribution < -0.4 is 5.32 Å². The summed E-state index contributed by atoms with van der Waals surface area (Å²) in [6.07, 6.45) is 6.53. The lowest BCUT2D eigenvalue weighted by Gasteiger charge is -2.11. The maximum Gasteiger partial charge on any atom is 0.199 e. The summed E-state index contributed by atoms with van der Waals surface area (Å²) in [4.78, 5) is 11.9. The van der Waals surface area contributed by atoms with Crippen molar-refractivity contribution in [3.8, 4) is 11.6 Å². The molecule has 0 radical (unpaired) electrons. The van der Waals surface area contributed by atoms with Gasteiger partial charge in [0.2, 0.25) is 0 Å². The molecule has 1 N–H and O–H groups in total. The fourth-order valence-electron chi connectivity index (χ4n) is 2.85. The van der Waals surface area contributed by atoms with E-state index in [1.54, 1.807) is 6.26 Å². The molecule has 0 saturated heterocycles. The van der Waals surface area contributed by atoms with Crippen molar-refractivity contribution >= 4 is 27.4 Å². The number of fused-ring (bicyclic) bond motifs is 3. The minimum absolute atomic E-state index is 0.658. The van der Waals surface area contributed by atoms with Crippen molar-refractivity contribution in [3.05, 3.63) is 28.8 Å². The number of aromatic nitrogens is 2. The molecule has 102 valence electrons. The van der Waals surface area contributed by atoms with Crippen molar-refractivity contribution in [2.24, 2.45) is 0 Å². The molecular weight excluding hydrogens is 270 g/mol. The van der Waals surface area contributed by atoms with Gasteiger partial charge in [-0.05, 0) is 43.4 Å². The van der Waals surface area contributed by atoms with E-state index in [4.69, 9.17) is 9.40 Å². The minimum atomic E-state index is 0.658. The first-order chi connectivity index (χ1) is 9.86. The van der Waals surface area contributed by atoms with E-state index in [9.17, 15) is 0 Å². The molecule has 0 fully saturated rings.